The maximum Gasteiger partial charge on any atom is 0.0692 e. The fraction of sp³-hybridized carbons (Fsp3) is 0.273. The van der Waals surface area contributed by atoms with Gasteiger partial charge in [-0.05, 0) is 23.6 Å². The van der Waals surface area contributed by atoms with E-state index in [-0.39, 0.29) is 0 Å². The number of benzene rings is 1. The van der Waals surface area contributed by atoms with Crippen molar-refractivity contribution in [2.45, 2.75) is 19.8 Å². The van der Waals surface area contributed by atoms with Crippen molar-refractivity contribution in [1.82, 2.24) is 4.68 Å². The summed E-state index contributed by atoms with van der Waals surface area (Å²) in [4.78, 5) is 0. The Morgan fingerprint density at radius 2 is 2.00 bits per heavy atom. The van der Waals surface area contributed by atoms with E-state index in [0.29, 0.717) is 5.92 Å². The fourth-order valence-electron chi connectivity index (χ4n) is 1.72. The van der Waals surface area contributed by atoms with Crippen molar-refractivity contribution in [3.05, 3.63) is 36.0 Å². The molecule has 2 aromatic rings. The Kier molecular flexibility index (Phi) is 1.76. The van der Waals surface area contributed by atoms with Gasteiger partial charge in [-0.1, -0.05) is 26.0 Å². The zero-order chi connectivity index (χ0) is 9.42. The van der Waals surface area contributed by atoms with Crippen molar-refractivity contribution >= 4 is 10.9 Å². The SMILES string of the molecule is CC(C)c1cccc2c1ccn2N. The van der Waals surface area contributed by atoms with Gasteiger partial charge in [-0.25, -0.2) is 0 Å². The fourth-order valence-corrected chi connectivity index (χ4v) is 1.72. The molecule has 2 heteroatoms. The van der Waals surface area contributed by atoms with E-state index in [1.54, 1.807) is 4.68 Å². The van der Waals surface area contributed by atoms with E-state index in [0.717, 1.165) is 5.52 Å². The summed E-state index contributed by atoms with van der Waals surface area (Å²) in [6, 6.07) is 8.33. The van der Waals surface area contributed by atoms with Gasteiger partial charge in [-0.3, -0.25) is 4.68 Å². The predicted octanol–water partition coefficient (Wildman–Crippen LogP) is 2.48. The van der Waals surface area contributed by atoms with Crippen molar-refractivity contribution in [1.29, 1.82) is 0 Å². The third-order valence-corrected chi connectivity index (χ3v) is 2.42. The van der Waals surface area contributed by atoms with Crippen molar-refractivity contribution in [2.75, 3.05) is 5.84 Å². The Bertz CT molecular complexity index is 427. The molecule has 1 heterocycles. The van der Waals surface area contributed by atoms with Crippen molar-refractivity contribution < 1.29 is 0 Å². The molecule has 0 bridgehead atoms. The number of nitrogens with two attached hydrogens (primary N) is 1. The van der Waals surface area contributed by atoms with Gasteiger partial charge < -0.3 is 5.84 Å². The molecule has 1 aromatic carbocycles. The number of hydrogen-bond donors (Lipinski definition) is 1. The maximum atomic E-state index is 5.76. The van der Waals surface area contributed by atoms with Gasteiger partial charge >= 0.3 is 0 Å². The van der Waals surface area contributed by atoms with Crippen molar-refractivity contribution in [2.24, 2.45) is 0 Å². The number of hydrogen-bond acceptors (Lipinski definition) is 1. The predicted molar refractivity (Wildman–Crippen MR) is 56.2 cm³/mol. The molecule has 13 heavy (non-hydrogen) atoms. The van der Waals surface area contributed by atoms with Crippen LogP contribution in [-0.4, -0.2) is 4.68 Å². The first-order valence-corrected chi connectivity index (χ1v) is 4.55. The third kappa shape index (κ3) is 1.18. The lowest BCUT2D eigenvalue weighted by Gasteiger charge is -2.06. The molecule has 2 nitrogen and oxygen atoms in total. The molecule has 0 spiro atoms. The van der Waals surface area contributed by atoms with Crippen LogP contribution >= 0.6 is 0 Å². The molecule has 0 atom stereocenters. The minimum Gasteiger partial charge on any atom is -0.339 e. The van der Waals surface area contributed by atoms with Gasteiger partial charge in [0.15, 0.2) is 0 Å². The molecular weight excluding hydrogens is 160 g/mol. The summed E-state index contributed by atoms with van der Waals surface area (Å²) in [5, 5.41) is 1.26. The first kappa shape index (κ1) is 8.17. The zero-order valence-electron chi connectivity index (χ0n) is 7.99. The van der Waals surface area contributed by atoms with Crippen molar-refractivity contribution in [3.63, 3.8) is 0 Å². The Morgan fingerprint density at radius 1 is 1.23 bits per heavy atom. The van der Waals surface area contributed by atoms with E-state index >= 15 is 0 Å². The first-order chi connectivity index (χ1) is 6.20. The molecule has 0 aliphatic rings. The minimum absolute atomic E-state index is 0.547. The van der Waals surface area contributed by atoms with Crippen LogP contribution in [0.4, 0.5) is 0 Å². The van der Waals surface area contributed by atoms with Crippen LogP contribution in [0.2, 0.25) is 0 Å². The lowest BCUT2D eigenvalue weighted by molar-refractivity contribution is 0.876. The molecule has 0 aliphatic heterocycles. The Hall–Kier alpha value is -1.44. The highest BCUT2D eigenvalue weighted by Crippen LogP contribution is 2.24. The molecule has 0 radical (unpaired) electrons. The van der Waals surface area contributed by atoms with Gasteiger partial charge in [0.05, 0.1) is 5.52 Å². The highest BCUT2D eigenvalue weighted by atomic mass is 15.3. The number of nitrogen functional groups attached to an aromatic ring is 1. The van der Waals surface area contributed by atoms with E-state index in [9.17, 15) is 0 Å². The van der Waals surface area contributed by atoms with Crippen LogP contribution in [0.15, 0.2) is 30.5 Å². The van der Waals surface area contributed by atoms with E-state index in [1.807, 2.05) is 12.3 Å². The highest BCUT2D eigenvalue weighted by Gasteiger charge is 2.06. The van der Waals surface area contributed by atoms with Crippen LogP contribution in [0.5, 0.6) is 0 Å². The van der Waals surface area contributed by atoms with E-state index in [4.69, 9.17) is 5.84 Å². The zero-order valence-corrected chi connectivity index (χ0v) is 7.99. The topological polar surface area (TPSA) is 30.9 Å². The standard InChI is InChI=1S/C11H14N2/c1-8(2)9-4-3-5-11-10(9)6-7-13(11)12/h3-8H,12H2,1-2H3. The highest BCUT2D eigenvalue weighted by molar-refractivity contribution is 5.84. The minimum atomic E-state index is 0.547. The summed E-state index contributed by atoms with van der Waals surface area (Å²) in [6.07, 6.45) is 1.90. The summed E-state index contributed by atoms with van der Waals surface area (Å²) in [7, 11) is 0. The van der Waals surface area contributed by atoms with Crippen LogP contribution in [0.3, 0.4) is 0 Å². The summed E-state index contributed by atoms with van der Waals surface area (Å²) in [6.45, 7) is 4.39. The van der Waals surface area contributed by atoms with Gasteiger partial charge in [-0.15, -0.1) is 0 Å². The molecule has 0 unspecified atom stereocenters. The second-order valence-electron chi connectivity index (χ2n) is 3.66. The van der Waals surface area contributed by atoms with Gasteiger partial charge in [0, 0.05) is 11.6 Å². The molecule has 0 fully saturated rings. The van der Waals surface area contributed by atoms with Gasteiger partial charge in [0.2, 0.25) is 0 Å². The van der Waals surface area contributed by atoms with Crippen LogP contribution < -0.4 is 5.84 Å². The summed E-state index contributed by atoms with van der Waals surface area (Å²) in [5.74, 6) is 6.31. The van der Waals surface area contributed by atoms with Crippen LogP contribution in [0, 0.1) is 0 Å². The third-order valence-electron chi connectivity index (χ3n) is 2.42. The number of rotatable bonds is 1. The number of aromatic nitrogens is 1. The number of nitrogens with zero attached hydrogens (tertiary/aromatic N) is 1. The second kappa shape index (κ2) is 2.80. The molecule has 0 amide bonds. The van der Waals surface area contributed by atoms with Crippen LogP contribution in [0.25, 0.3) is 10.9 Å². The Morgan fingerprint density at radius 3 is 2.69 bits per heavy atom. The molecule has 2 rings (SSSR count). The monoisotopic (exact) mass is 174 g/mol. The average Bonchev–Trinajstić information content (AvgIpc) is 2.48. The number of fused-ring (bicyclic) bond motifs is 1. The van der Waals surface area contributed by atoms with Gasteiger partial charge in [-0.2, -0.15) is 0 Å². The molecular formula is C11H14N2. The molecule has 0 saturated heterocycles. The lowest BCUT2D eigenvalue weighted by atomic mass is 10.00. The summed E-state index contributed by atoms with van der Waals surface area (Å²) in [5.41, 5.74) is 2.47. The molecule has 68 valence electrons. The van der Waals surface area contributed by atoms with Crippen LogP contribution in [0.1, 0.15) is 25.3 Å². The maximum absolute atomic E-state index is 5.76. The molecule has 0 aliphatic carbocycles. The molecule has 1 aromatic heterocycles. The second-order valence-corrected chi connectivity index (χ2v) is 3.66. The smallest absolute Gasteiger partial charge is 0.0692 e. The lowest BCUT2D eigenvalue weighted by Crippen LogP contribution is -2.04. The normalized spacial score (nSPS) is 11.3. The van der Waals surface area contributed by atoms with Gasteiger partial charge in [0.25, 0.3) is 0 Å². The summed E-state index contributed by atoms with van der Waals surface area (Å²) < 4.78 is 1.67. The molecule has 2 N–H and O–H groups in total. The quantitative estimate of drug-likeness (QED) is 0.661. The summed E-state index contributed by atoms with van der Waals surface area (Å²) >= 11 is 0. The van der Waals surface area contributed by atoms with E-state index in [1.165, 1.54) is 10.9 Å². The van der Waals surface area contributed by atoms with Crippen molar-refractivity contribution in [3.8, 4) is 0 Å². The largest absolute Gasteiger partial charge is 0.339 e. The van der Waals surface area contributed by atoms with E-state index < -0.39 is 0 Å². The van der Waals surface area contributed by atoms with Gasteiger partial charge in [0.1, 0.15) is 0 Å². The Balaban J connectivity index is 2.77. The average molecular weight is 174 g/mol. The molecule has 0 saturated carbocycles. The van der Waals surface area contributed by atoms with Crippen LogP contribution in [-0.2, 0) is 0 Å². The Labute approximate surface area is 77.9 Å². The first-order valence-electron chi connectivity index (χ1n) is 4.55. The van der Waals surface area contributed by atoms with E-state index in [2.05, 4.69) is 32.0 Å².